The zero-order valence-corrected chi connectivity index (χ0v) is 6.11. The van der Waals surface area contributed by atoms with Crippen LogP contribution in [-0.2, 0) is 4.79 Å². The molecule has 0 aliphatic heterocycles. The van der Waals surface area contributed by atoms with Gasteiger partial charge in [0.25, 0.3) is 0 Å². The van der Waals surface area contributed by atoms with Gasteiger partial charge >= 0.3 is 0 Å². The largest absolute Gasteiger partial charge is 0.285 e. The average molecular weight is 142 g/mol. The number of hydrogen-bond donors (Lipinski definition) is 0. The van der Waals surface area contributed by atoms with Crippen LogP contribution in [0, 0.1) is 12.1 Å². The molecule has 0 atom stereocenters. The molecule has 0 amide bonds. The summed E-state index contributed by atoms with van der Waals surface area (Å²) in [6.07, 6.45) is 4.39. The van der Waals surface area contributed by atoms with Crippen LogP contribution >= 0.6 is 0 Å². The topological polar surface area (TPSA) is 17.1 Å². The van der Waals surface area contributed by atoms with Gasteiger partial charge in [0, 0.05) is 12.3 Å². The van der Waals surface area contributed by atoms with Crippen LogP contribution in [0.3, 0.4) is 0 Å². The number of Topliss-reactive ketones (excluding diaryl/α,β-unsaturated/α-hetero) is 1. The second-order valence-electron chi connectivity index (χ2n) is 2.10. The summed E-state index contributed by atoms with van der Waals surface area (Å²) in [5.74, 6) is 1.55. The number of halogens is 1. The molecular weight excluding hydrogens is 131 g/mol. The van der Waals surface area contributed by atoms with Crippen molar-refractivity contribution in [3.8, 4) is 12.1 Å². The highest BCUT2D eigenvalue weighted by molar-refractivity contribution is 5.95. The Balaban J connectivity index is 3.28. The second-order valence-corrected chi connectivity index (χ2v) is 2.10. The van der Waals surface area contributed by atoms with Crippen molar-refractivity contribution in [3.63, 3.8) is 0 Å². The van der Waals surface area contributed by atoms with Crippen molar-refractivity contribution in [2.75, 3.05) is 0 Å². The third-order valence-electron chi connectivity index (χ3n) is 1.19. The van der Waals surface area contributed by atoms with Gasteiger partial charge < -0.3 is 0 Å². The molecule has 2 heteroatoms. The number of rotatable bonds is 4. The average Bonchev–Trinajstić information content (AvgIpc) is 1.89. The summed E-state index contributed by atoms with van der Waals surface area (Å²) in [5.41, 5.74) is 0. The molecule has 0 heterocycles. The van der Waals surface area contributed by atoms with Crippen LogP contribution in [0.25, 0.3) is 0 Å². The predicted molar refractivity (Wildman–Crippen MR) is 38.0 cm³/mol. The summed E-state index contributed by atoms with van der Waals surface area (Å²) in [7, 11) is 0. The SMILES string of the molecule is CCCCCC(=O)C#CF. The number of carbonyl (C=O) groups is 1. The highest BCUT2D eigenvalue weighted by Gasteiger charge is 1.94. The molecule has 0 saturated carbocycles. The second kappa shape index (κ2) is 6.28. The normalized spacial score (nSPS) is 8.20. The Labute approximate surface area is 60.6 Å². The summed E-state index contributed by atoms with van der Waals surface area (Å²) in [6.45, 7) is 2.05. The lowest BCUT2D eigenvalue weighted by atomic mass is 10.1. The molecule has 0 aliphatic carbocycles. The van der Waals surface area contributed by atoms with Crippen molar-refractivity contribution in [1.29, 1.82) is 0 Å². The molecule has 1 nitrogen and oxygen atoms in total. The lowest BCUT2D eigenvalue weighted by Crippen LogP contribution is -1.91. The van der Waals surface area contributed by atoms with Crippen LogP contribution in [0.2, 0.25) is 0 Å². The number of unbranched alkanes of at least 4 members (excludes halogenated alkanes) is 2. The van der Waals surface area contributed by atoms with Gasteiger partial charge in [0.2, 0.25) is 5.78 Å². The van der Waals surface area contributed by atoms with E-state index in [-0.39, 0.29) is 5.78 Å². The first-order valence-corrected chi connectivity index (χ1v) is 3.45. The third-order valence-corrected chi connectivity index (χ3v) is 1.19. The first kappa shape index (κ1) is 9.16. The molecule has 0 saturated heterocycles. The Kier molecular flexibility index (Phi) is 5.75. The highest BCUT2D eigenvalue weighted by atomic mass is 19.1. The molecule has 56 valence electrons. The van der Waals surface area contributed by atoms with Gasteiger partial charge in [-0.25, -0.2) is 0 Å². The van der Waals surface area contributed by atoms with E-state index in [9.17, 15) is 9.18 Å². The van der Waals surface area contributed by atoms with Gasteiger partial charge in [0.15, 0.2) is 0 Å². The monoisotopic (exact) mass is 142 g/mol. The zero-order valence-electron chi connectivity index (χ0n) is 6.11. The van der Waals surface area contributed by atoms with E-state index in [1.807, 2.05) is 12.8 Å². The van der Waals surface area contributed by atoms with E-state index >= 15 is 0 Å². The molecule has 10 heavy (non-hydrogen) atoms. The van der Waals surface area contributed by atoms with Crippen molar-refractivity contribution in [3.05, 3.63) is 0 Å². The minimum absolute atomic E-state index is 0.295. The van der Waals surface area contributed by atoms with Crippen molar-refractivity contribution < 1.29 is 9.18 Å². The van der Waals surface area contributed by atoms with Gasteiger partial charge in [0.1, 0.15) is 6.17 Å². The molecule has 0 aromatic carbocycles. The van der Waals surface area contributed by atoms with Crippen molar-refractivity contribution >= 4 is 5.78 Å². The van der Waals surface area contributed by atoms with Crippen LogP contribution in [0.4, 0.5) is 4.39 Å². The molecule has 0 aromatic heterocycles. The Morgan fingerprint density at radius 2 is 2.20 bits per heavy atom. The van der Waals surface area contributed by atoms with Crippen molar-refractivity contribution in [2.45, 2.75) is 32.6 Å². The lowest BCUT2D eigenvalue weighted by Gasteiger charge is -1.90. The van der Waals surface area contributed by atoms with Gasteiger partial charge in [-0.2, -0.15) is 0 Å². The first-order valence-electron chi connectivity index (χ1n) is 3.45. The van der Waals surface area contributed by atoms with E-state index in [4.69, 9.17) is 0 Å². The quantitative estimate of drug-likeness (QED) is 0.433. The fourth-order valence-electron chi connectivity index (χ4n) is 0.651. The van der Waals surface area contributed by atoms with Gasteiger partial charge in [-0.3, -0.25) is 4.79 Å². The predicted octanol–water partition coefficient (Wildman–Crippen LogP) is 2.07. The van der Waals surface area contributed by atoms with Crippen LogP contribution in [0.5, 0.6) is 0 Å². The zero-order chi connectivity index (χ0) is 7.82. The molecular formula is C8H11FO. The maximum absolute atomic E-state index is 11.2. The van der Waals surface area contributed by atoms with Crippen LogP contribution in [0.1, 0.15) is 32.6 Å². The fourth-order valence-corrected chi connectivity index (χ4v) is 0.651. The molecule has 0 radical (unpaired) electrons. The van der Waals surface area contributed by atoms with Gasteiger partial charge in [-0.05, 0) is 6.42 Å². The van der Waals surface area contributed by atoms with Crippen molar-refractivity contribution in [2.24, 2.45) is 0 Å². The number of hydrogen-bond acceptors (Lipinski definition) is 1. The molecule has 0 bridgehead atoms. The Morgan fingerprint density at radius 3 is 2.70 bits per heavy atom. The van der Waals surface area contributed by atoms with E-state index in [2.05, 4.69) is 0 Å². The number of ketones is 1. The van der Waals surface area contributed by atoms with Crippen LogP contribution < -0.4 is 0 Å². The first-order chi connectivity index (χ1) is 4.81. The standard InChI is InChI=1S/C8H11FO/c1-2-3-4-5-8(10)6-7-9/h2-5H2,1H3. The van der Waals surface area contributed by atoms with Crippen LogP contribution in [0.15, 0.2) is 0 Å². The molecule has 0 unspecified atom stereocenters. The van der Waals surface area contributed by atoms with E-state index in [0.29, 0.717) is 6.42 Å². The van der Waals surface area contributed by atoms with Crippen LogP contribution in [-0.4, -0.2) is 5.78 Å². The molecule has 0 N–H and O–H groups in total. The minimum Gasteiger partial charge on any atom is -0.285 e. The Hall–Kier alpha value is -0.840. The Bertz CT molecular complexity index is 152. The summed E-state index contributed by atoms with van der Waals surface area (Å²) in [5, 5.41) is 0. The lowest BCUT2D eigenvalue weighted by molar-refractivity contribution is -0.113. The summed E-state index contributed by atoms with van der Waals surface area (Å²) >= 11 is 0. The maximum Gasteiger partial charge on any atom is 0.208 e. The summed E-state index contributed by atoms with van der Waals surface area (Å²) in [6, 6.07) is 0. The van der Waals surface area contributed by atoms with Gasteiger partial charge in [0.05, 0.1) is 0 Å². The molecule has 0 fully saturated rings. The third kappa shape index (κ3) is 5.30. The molecule has 0 aromatic rings. The van der Waals surface area contributed by atoms with Crippen molar-refractivity contribution in [1.82, 2.24) is 0 Å². The molecule has 0 rings (SSSR count). The van der Waals surface area contributed by atoms with E-state index in [0.717, 1.165) is 25.4 Å². The van der Waals surface area contributed by atoms with E-state index in [1.165, 1.54) is 0 Å². The van der Waals surface area contributed by atoms with E-state index < -0.39 is 0 Å². The molecule has 0 spiro atoms. The Morgan fingerprint density at radius 1 is 1.50 bits per heavy atom. The minimum atomic E-state index is -0.295. The van der Waals surface area contributed by atoms with Gasteiger partial charge in [-0.1, -0.05) is 19.8 Å². The maximum atomic E-state index is 11.2. The summed E-state index contributed by atoms with van der Waals surface area (Å²) in [4.78, 5) is 10.5. The number of carbonyl (C=O) groups excluding carboxylic acids is 1. The van der Waals surface area contributed by atoms with Gasteiger partial charge in [-0.15, -0.1) is 4.39 Å². The highest BCUT2D eigenvalue weighted by Crippen LogP contribution is 1.98. The van der Waals surface area contributed by atoms with E-state index in [1.54, 1.807) is 0 Å². The fraction of sp³-hybridized carbons (Fsp3) is 0.625. The smallest absolute Gasteiger partial charge is 0.208 e. The molecule has 0 aliphatic rings. The summed E-state index contributed by atoms with van der Waals surface area (Å²) < 4.78 is 11.2.